The molecule has 2 aromatic carbocycles. The number of hydrogen-bond donors (Lipinski definition) is 0. The number of carbonyl (C=O) groups is 3. The zero-order valence-electron chi connectivity index (χ0n) is 15.4. The zero-order valence-corrected chi connectivity index (χ0v) is 17.0. The average Bonchev–Trinajstić information content (AvgIpc) is 2.88. The topological polar surface area (TPSA) is 57.7 Å². The quantitative estimate of drug-likeness (QED) is 0.723. The van der Waals surface area contributed by atoms with E-state index in [1.807, 2.05) is 48.5 Å². The molecular formula is C22H19BrN2O3. The van der Waals surface area contributed by atoms with Crippen LogP contribution in [-0.2, 0) is 27.2 Å². The molecule has 0 aliphatic carbocycles. The van der Waals surface area contributed by atoms with Gasteiger partial charge in [-0.05, 0) is 35.3 Å². The van der Waals surface area contributed by atoms with Gasteiger partial charge < -0.3 is 4.90 Å². The third-order valence-electron chi connectivity index (χ3n) is 5.23. The molecule has 1 atom stereocenters. The molecule has 4 rings (SSSR count). The molecule has 1 fully saturated rings. The minimum absolute atomic E-state index is 0.214. The van der Waals surface area contributed by atoms with Crippen molar-refractivity contribution < 1.29 is 14.4 Å². The number of amides is 3. The number of fused-ring (bicyclic) bond motifs is 2. The van der Waals surface area contributed by atoms with Gasteiger partial charge in [-0.15, -0.1) is 0 Å². The summed E-state index contributed by atoms with van der Waals surface area (Å²) >= 11 is 3.53. The lowest BCUT2D eigenvalue weighted by atomic mass is 9.99. The van der Waals surface area contributed by atoms with E-state index in [1.165, 1.54) is 6.92 Å². The standard InChI is InChI=1S/C22H19BrN2O3/c1-14(26)25-20(12-15-6-3-2-4-7-15)21(27)24-11-10-16-8-5-9-18(23)17(16)13-19(24)22(25)28/h2-9,13,20H,10-12H2,1H3. The van der Waals surface area contributed by atoms with Gasteiger partial charge in [-0.3, -0.25) is 19.3 Å². The molecule has 142 valence electrons. The number of benzene rings is 2. The van der Waals surface area contributed by atoms with Gasteiger partial charge in [0, 0.05) is 24.4 Å². The molecule has 0 N–H and O–H groups in total. The Kier molecular flexibility index (Phi) is 4.89. The molecule has 5 nitrogen and oxygen atoms in total. The van der Waals surface area contributed by atoms with Gasteiger partial charge in [0.2, 0.25) is 5.91 Å². The molecule has 0 saturated carbocycles. The van der Waals surface area contributed by atoms with Crippen LogP contribution in [-0.4, -0.2) is 40.1 Å². The van der Waals surface area contributed by atoms with Gasteiger partial charge >= 0.3 is 0 Å². The Morgan fingerprint density at radius 2 is 1.86 bits per heavy atom. The van der Waals surface area contributed by atoms with E-state index in [1.54, 1.807) is 11.0 Å². The molecule has 2 aromatic rings. The lowest BCUT2D eigenvalue weighted by Gasteiger charge is -2.39. The third kappa shape index (κ3) is 3.18. The maximum absolute atomic E-state index is 13.3. The summed E-state index contributed by atoms with van der Waals surface area (Å²) in [6, 6.07) is 14.5. The molecule has 2 aliphatic heterocycles. The molecule has 1 saturated heterocycles. The number of halogens is 1. The molecular weight excluding hydrogens is 420 g/mol. The fourth-order valence-corrected chi connectivity index (χ4v) is 4.39. The van der Waals surface area contributed by atoms with Crippen molar-refractivity contribution in [3.63, 3.8) is 0 Å². The minimum atomic E-state index is -0.825. The molecule has 1 unspecified atom stereocenters. The van der Waals surface area contributed by atoms with Crippen LogP contribution in [0.3, 0.4) is 0 Å². The van der Waals surface area contributed by atoms with Gasteiger partial charge in [-0.25, -0.2) is 0 Å². The van der Waals surface area contributed by atoms with E-state index in [2.05, 4.69) is 15.9 Å². The lowest BCUT2D eigenvalue weighted by molar-refractivity contribution is -0.158. The summed E-state index contributed by atoms with van der Waals surface area (Å²) in [6.07, 6.45) is 2.68. The van der Waals surface area contributed by atoms with Gasteiger partial charge in [0.15, 0.2) is 0 Å². The molecule has 0 aromatic heterocycles. The summed E-state index contributed by atoms with van der Waals surface area (Å²) in [6.45, 7) is 1.75. The van der Waals surface area contributed by atoms with Crippen LogP contribution in [0.25, 0.3) is 6.08 Å². The maximum atomic E-state index is 13.3. The molecule has 0 bridgehead atoms. The van der Waals surface area contributed by atoms with Crippen LogP contribution in [0.1, 0.15) is 23.6 Å². The van der Waals surface area contributed by atoms with Crippen molar-refractivity contribution in [2.75, 3.05) is 6.54 Å². The fraction of sp³-hybridized carbons (Fsp3) is 0.227. The van der Waals surface area contributed by atoms with Crippen LogP contribution in [0.2, 0.25) is 0 Å². The van der Waals surface area contributed by atoms with Crippen molar-refractivity contribution in [2.24, 2.45) is 0 Å². The van der Waals surface area contributed by atoms with Gasteiger partial charge in [-0.2, -0.15) is 0 Å². The first-order valence-corrected chi connectivity index (χ1v) is 9.95. The second kappa shape index (κ2) is 7.36. The van der Waals surface area contributed by atoms with Crippen LogP contribution in [0.15, 0.2) is 58.7 Å². The number of hydrogen-bond acceptors (Lipinski definition) is 3. The van der Waals surface area contributed by atoms with Crippen molar-refractivity contribution >= 4 is 39.7 Å². The van der Waals surface area contributed by atoms with Crippen molar-refractivity contribution in [2.45, 2.75) is 25.8 Å². The van der Waals surface area contributed by atoms with E-state index in [-0.39, 0.29) is 11.6 Å². The highest BCUT2D eigenvalue weighted by molar-refractivity contribution is 9.10. The molecule has 3 amide bonds. The largest absolute Gasteiger partial charge is 0.305 e. The zero-order chi connectivity index (χ0) is 19.8. The van der Waals surface area contributed by atoms with E-state index < -0.39 is 17.9 Å². The van der Waals surface area contributed by atoms with Crippen LogP contribution < -0.4 is 0 Å². The second-order valence-electron chi connectivity index (χ2n) is 6.98. The number of piperazine rings is 1. The van der Waals surface area contributed by atoms with Crippen molar-refractivity contribution in [1.29, 1.82) is 0 Å². The monoisotopic (exact) mass is 438 g/mol. The summed E-state index contributed by atoms with van der Waals surface area (Å²) in [5, 5.41) is 0. The number of nitrogens with zero attached hydrogens (tertiary/aromatic N) is 2. The smallest absolute Gasteiger partial charge is 0.277 e. The Labute approximate surface area is 171 Å². The Hall–Kier alpha value is -2.73. The highest BCUT2D eigenvalue weighted by atomic mass is 79.9. The van der Waals surface area contributed by atoms with Crippen molar-refractivity contribution in [1.82, 2.24) is 9.80 Å². The van der Waals surface area contributed by atoms with Gasteiger partial charge in [0.25, 0.3) is 11.8 Å². The first kappa shape index (κ1) is 18.6. The summed E-state index contributed by atoms with van der Waals surface area (Å²) in [4.78, 5) is 41.6. The Morgan fingerprint density at radius 3 is 2.57 bits per heavy atom. The first-order valence-electron chi connectivity index (χ1n) is 9.16. The van der Waals surface area contributed by atoms with E-state index in [0.717, 1.165) is 26.1 Å². The highest BCUT2D eigenvalue weighted by Crippen LogP contribution is 2.32. The summed E-state index contributed by atoms with van der Waals surface area (Å²) in [5.41, 5.74) is 3.11. The predicted octanol–water partition coefficient (Wildman–Crippen LogP) is 3.17. The number of carbonyl (C=O) groups excluding carboxylic acids is 3. The molecule has 6 heteroatoms. The summed E-state index contributed by atoms with van der Waals surface area (Å²) < 4.78 is 0.861. The number of imide groups is 1. The maximum Gasteiger partial charge on any atom is 0.277 e. The van der Waals surface area contributed by atoms with Crippen LogP contribution in [0.4, 0.5) is 0 Å². The van der Waals surface area contributed by atoms with E-state index >= 15 is 0 Å². The van der Waals surface area contributed by atoms with E-state index in [4.69, 9.17) is 0 Å². The van der Waals surface area contributed by atoms with Gasteiger partial charge in [0.05, 0.1) is 0 Å². The number of rotatable bonds is 2. The molecule has 2 aliphatic rings. The second-order valence-corrected chi connectivity index (χ2v) is 7.84. The predicted molar refractivity (Wildman–Crippen MR) is 109 cm³/mol. The Balaban J connectivity index is 1.77. The summed E-state index contributed by atoms with van der Waals surface area (Å²) in [5.74, 6) is -1.05. The molecule has 28 heavy (non-hydrogen) atoms. The van der Waals surface area contributed by atoms with Gasteiger partial charge in [0.1, 0.15) is 11.7 Å². The van der Waals surface area contributed by atoms with Crippen molar-refractivity contribution in [3.05, 3.63) is 75.4 Å². The fourth-order valence-electron chi connectivity index (χ4n) is 3.87. The SMILES string of the molecule is CC(=O)N1C(=O)C2=Cc3c(Br)cccc3CCN2C(=O)C1Cc1ccccc1. The third-order valence-corrected chi connectivity index (χ3v) is 5.92. The molecule has 0 spiro atoms. The molecule has 0 radical (unpaired) electrons. The normalized spacial score (nSPS) is 18.9. The molecule has 2 heterocycles. The van der Waals surface area contributed by atoms with Crippen LogP contribution in [0, 0.1) is 0 Å². The highest BCUT2D eigenvalue weighted by Gasteiger charge is 2.45. The summed E-state index contributed by atoms with van der Waals surface area (Å²) in [7, 11) is 0. The van der Waals surface area contributed by atoms with Crippen molar-refractivity contribution in [3.8, 4) is 0 Å². The van der Waals surface area contributed by atoms with E-state index in [9.17, 15) is 14.4 Å². The van der Waals surface area contributed by atoms with Crippen LogP contribution in [0.5, 0.6) is 0 Å². The van der Waals surface area contributed by atoms with E-state index in [0.29, 0.717) is 19.4 Å². The first-order chi connectivity index (χ1) is 13.5. The lowest BCUT2D eigenvalue weighted by Crippen LogP contribution is -2.60. The Bertz CT molecular complexity index is 1000. The Morgan fingerprint density at radius 1 is 1.11 bits per heavy atom. The minimum Gasteiger partial charge on any atom is -0.305 e. The van der Waals surface area contributed by atoms with Crippen LogP contribution >= 0.6 is 15.9 Å². The van der Waals surface area contributed by atoms with Gasteiger partial charge in [-0.1, -0.05) is 58.4 Å². The average molecular weight is 439 g/mol.